The van der Waals surface area contributed by atoms with Gasteiger partial charge < -0.3 is 4.90 Å². The van der Waals surface area contributed by atoms with E-state index >= 15 is 0 Å². The summed E-state index contributed by atoms with van der Waals surface area (Å²) in [5, 5.41) is 0. The first-order valence-electron chi connectivity index (χ1n) is 5.57. The van der Waals surface area contributed by atoms with Crippen molar-refractivity contribution in [2.45, 2.75) is 33.2 Å². The molecule has 0 radical (unpaired) electrons. The molecule has 1 aliphatic rings. The van der Waals surface area contributed by atoms with Gasteiger partial charge in [-0.15, -0.1) is 0 Å². The number of hydrogen-bond acceptors (Lipinski definition) is 2. The molecular formula is C11H24N2. The molecule has 0 aromatic carbocycles. The van der Waals surface area contributed by atoms with Gasteiger partial charge in [0.1, 0.15) is 0 Å². The highest BCUT2D eigenvalue weighted by Gasteiger charge is 2.24. The highest BCUT2D eigenvalue weighted by molar-refractivity contribution is 4.80. The lowest BCUT2D eigenvalue weighted by atomic mass is 10.0. The normalized spacial score (nSPS) is 27.9. The van der Waals surface area contributed by atoms with Crippen molar-refractivity contribution >= 4 is 0 Å². The molecule has 0 N–H and O–H groups in total. The van der Waals surface area contributed by atoms with E-state index in [0.29, 0.717) is 0 Å². The third-order valence-corrected chi connectivity index (χ3v) is 3.13. The SMILES string of the molecule is CCN1CCCN(C)C[C@@H]1C(C)C. The third-order valence-electron chi connectivity index (χ3n) is 3.13. The molecule has 0 spiro atoms. The Hall–Kier alpha value is -0.0800. The van der Waals surface area contributed by atoms with Gasteiger partial charge in [-0.3, -0.25) is 4.90 Å². The van der Waals surface area contributed by atoms with Gasteiger partial charge in [-0.25, -0.2) is 0 Å². The van der Waals surface area contributed by atoms with Crippen LogP contribution in [0.2, 0.25) is 0 Å². The Morgan fingerprint density at radius 2 is 2.00 bits per heavy atom. The van der Waals surface area contributed by atoms with E-state index in [1.165, 1.54) is 32.6 Å². The molecule has 1 heterocycles. The predicted octanol–water partition coefficient (Wildman–Crippen LogP) is 1.67. The van der Waals surface area contributed by atoms with Crippen molar-refractivity contribution in [3.05, 3.63) is 0 Å². The number of rotatable bonds is 2. The van der Waals surface area contributed by atoms with Crippen LogP contribution in [0.1, 0.15) is 27.2 Å². The van der Waals surface area contributed by atoms with Crippen molar-refractivity contribution in [1.29, 1.82) is 0 Å². The summed E-state index contributed by atoms with van der Waals surface area (Å²) < 4.78 is 0. The summed E-state index contributed by atoms with van der Waals surface area (Å²) >= 11 is 0. The van der Waals surface area contributed by atoms with E-state index in [0.717, 1.165) is 12.0 Å². The van der Waals surface area contributed by atoms with Crippen LogP contribution in [0.15, 0.2) is 0 Å². The summed E-state index contributed by atoms with van der Waals surface area (Å²) in [6.07, 6.45) is 1.33. The molecule has 0 unspecified atom stereocenters. The Balaban J connectivity index is 2.60. The van der Waals surface area contributed by atoms with Gasteiger partial charge in [0.05, 0.1) is 0 Å². The van der Waals surface area contributed by atoms with Crippen LogP contribution < -0.4 is 0 Å². The van der Waals surface area contributed by atoms with Gasteiger partial charge >= 0.3 is 0 Å². The Morgan fingerprint density at radius 3 is 2.54 bits per heavy atom. The average molecular weight is 184 g/mol. The van der Waals surface area contributed by atoms with E-state index in [1.54, 1.807) is 0 Å². The fourth-order valence-corrected chi connectivity index (χ4v) is 2.26. The molecule has 0 amide bonds. The van der Waals surface area contributed by atoms with Crippen molar-refractivity contribution in [2.75, 3.05) is 33.2 Å². The van der Waals surface area contributed by atoms with Crippen LogP contribution in [0, 0.1) is 5.92 Å². The van der Waals surface area contributed by atoms with Gasteiger partial charge in [0.15, 0.2) is 0 Å². The molecule has 0 saturated carbocycles. The van der Waals surface area contributed by atoms with Gasteiger partial charge in [-0.05, 0) is 39.0 Å². The first kappa shape index (κ1) is 11.0. The van der Waals surface area contributed by atoms with Gasteiger partial charge in [0.2, 0.25) is 0 Å². The number of likely N-dealkylation sites (N-methyl/N-ethyl adjacent to an activating group) is 2. The zero-order chi connectivity index (χ0) is 9.84. The number of nitrogens with zero attached hydrogens (tertiary/aromatic N) is 2. The molecule has 2 heteroatoms. The second-order valence-electron chi connectivity index (χ2n) is 4.56. The molecule has 1 aliphatic heterocycles. The van der Waals surface area contributed by atoms with Crippen LogP contribution in [0.4, 0.5) is 0 Å². The van der Waals surface area contributed by atoms with Gasteiger partial charge in [-0.1, -0.05) is 20.8 Å². The monoisotopic (exact) mass is 184 g/mol. The van der Waals surface area contributed by atoms with Crippen molar-refractivity contribution in [2.24, 2.45) is 5.92 Å². The summed E-state index contributed by atoms with van der Waals surface area (Å²) in [6.45, 7) is 11.9. The second-order valence-corrected chi connectivity index (χ2v) is 4.56. The quantitative estimate of drug-likeness (QED) is 0.644. The second kappa shape index (κ2) is 4.97. The maximum atomic E-state index is 2.63. The zero-order valence-corrected chi connectivity index (χ0v) is 9.58. The Kier molecular flexibility index (Phi) is 4.20. The molecular weight excluding hydrogens is 160 g/mol. The Labute approximate surface area is 82.9 Å². The van der Waals surface area contributed by atoms with Crippen LogP contribution in [-0.4, -0.2) is 49.1 Å². The highest BCUT2D eigenvalue weighted by atomic mass is 15.2. The molecule has 0 bridgehead atoms. The molecule has 13 heavy (non-hydrogen) atoms. The van der Waals surface area contributed by atoms with E-state index in [9.17, 15) is 0 Å². The lowest BCUT2D eigenvalue weighted by molar-refractivity contribution is 0.154. The molecule has 0 aliphatic carbocycles. The Morgan fingerprint density at radius 1 is 1.31 bits per heavy atom. The lowest BCUT2D eigenvalue weighted by Crippen LogP contribution is -2.43. The number of hydrogen-bond donors (Lipinski definition) is 0. The lowest BCUT2D eigenvalue weighted by Gasteiger charge is -2.32. The third kappa shape index (κ3) is 2.96. The minimum Gasteiger partial charge on any atom is -0.305 e. The summed E-state index contributed by atoms with van der Waals surface area (Å²) in [5.74, 6) is 0.778. The zero-order valence-electron chi connectivity index (χ0n) is 9.58. The first-order chi connectivity index (χ1) is 6.15. The van der Waals surface area contributed by atoms with Gasteiger partial charge in [-0.2, -0.15) is 0 Å². The fourth-order valence-electron chi connectivity index (χ4n) is 2.26. The Bertz CT molecular complexity index is 145. The summed E-state index contributed by atoms with van der Waals surface area (Å²) in [4.78, 5) is 5.11. The molecule has 78 valence electrons. The molecule has 0 aromatic heterocycles. The van der Waals surface area contributed by atoms with Crippen LogP contribution in [0.3, 0.4) is 0 Å². The summed E-state index contributed by atoms with van der Waals surface area (Å²) in [7, 11) is 2.24. The van der Waals surface area contributed by atoms with Crippen molar-refractivity contribution in [3.8, 4) is 0 Å². The highest BCUT2D eigenvalue weighted by Crippen LogP contribution is 2.15. The van der Waals surface area contributed by atoms with Crippen molar-refractivity contribution < 1.29 is 0 Å². The van der Waals surface area contributed by atoms with E-state index in [4.69, 9.17) is 0 Å². The maximum Gasteiger partial charge on any atom is 0.0245 e. The van der Waals surface area contributed by atoms with E-state index in [2.05, 4.69) is 37.6 Å². The van der Waals surface area contributed by atoms with Crippen LogP contribution in [0.25, 0.3) is 0 Å². The molecule has 2 nitrogen and oxygen atoms in total. The van der Waals surface area contributed by atoms with E-state index in [1.807, 2.05) is 0 Å². The van der Waals surface area contributed by atoms with E-state index in [-0.39, 0.29) is 0 Å². The fraction of sp³-hybridized carbons (Fsp3) is 1.00. The molecule has 1 atom stereocenters. The predicted molar refractivity (Wildman–Crippen MR) is 58.0 cm³/mol. The molecule has 1 saturated heterocycles. The summed E-state index contributed by atoms with van der Waals surface area (Å²) in [6, 6.07) is 0.762. The van der Waals surface area contributed by atoms with Crippen LogP contribution >= 0.6 is 0 Å². The minimum absolute atomic E-state index is 0.762. The average Bonchev–Trinajstić information content (AvgIpc) is 2.26. The minimum atomic E-state index is 0.762. The smallest absolute Gasteiger partial charge is 0.0245 e. The molecule has 0 aromatic rings. The van der Waals surface area contributed by atoms with E-state index < -0.39 is 0 Å². The first-order valence-corrected chi connectivity index (χ1v) is 5.57. The summed E-state index contributed by atoms with van der Waals surface area (Å²) in [5.41, 5.74) is 0. The van der Waals surface area contributed by atoms with Crippen molar-refractivity contribution in [3.63, 3.8) is 0 Å². The van der Waals surface area contributed by atoms with Crippen LogP contribution in [-0.2, 0) is 0 Å². The molecule has 1 fully saturated rings. The standard InChI is InChI=1S/C11H24N2/c1-5-13-8-6-7-12(4)9-11(13)10(2)3/h10-11H,5-9H2,1-4H3/t11-/m1/s1. The molecule has 1 rings (SSSR count). The van der Waals surface area contributed by atoms with Crippen molar-refractivity contribution in [1.82, 2.24) is 9.80 Å². The van der Waals surface area contributed by atoms with Gasteiger partial charge in [0.25, 0.3) is 0 Å². The van der Waals surface area contributed by atoms with Crippen LogP contribution in [0.5, 0.6) is 0 Å². The largest absolute Gasteiger partial charge is 0.305 e. The topological polar surface area (TPSA) is 6.48 Å². The maximum absolute atomic E-state index is 2.63. The van der Waals surface area contributed by atoms with Gasteiger partial charge in [0, 0.05) is 12.6 Å².